The average molecular weight is 210 g/mol. The number of aryl methyl sites for hydroxylation is 1. The number of aliphatic hydroxyl groups excluding tert-OH is 1. The van der Waals surface area contributed by atoms with Gasteiger partial charge in [-0.1, -0.05) is 19.8 Å². The Morgan fingerprint density at radius 2 is 2.27 bits per heavy atom. The Balaban J connectivity index is 2.27. The molecule has 2 unspecified atom stereocenters. The van der Waals surface area contributed by atoms with E-state index in [1.54, 1.807) is 10.7 Å². The van der Waals surface area contributed by atoms with E-state index in [0.29, 0.717) is 0 Å². The fourth-order valence-corrected chi connectivity index (χ4v) is 2.28. The van der Waals surface area contributed by atoms with Crippen molar-refractivity contribution in [3.63, 3.8) is 0 Å². The number of nitrogens with zero attached hydrogens (tertiary/aromatic N) is 1. The highest BCUT2D eigenvalue weighted by atomic mass is 16.3. The molecule has 0 saturated heterocycles. The largest absolute Gasteiger partial charge is 0.391 e. The van der Waals surface area contributed by atoms with Gasteiger partial charge in [-0.05, 0) is 19.3 Å². The Morgan fingerprint density at radius 3 is 2.87 bits per heavy atom. The summed E-state index contributed by atoms with van der Waals surface area (Å²) in [5.74, 6) is 0. The Labute approximate surface area is 88.9 Å². The van der Waals surface area contributed by atoms with Crippen molar-refractivity contribution in [3.05, 3.63) is 22.1 Å². The van der Waals surface area contributed by atoms with Gasteiger partial charge in [0.15, 0.2) is 0 Å². The van der Waals surface area contributed by atoms with E-state index >= 15 is 0 Å². The molecule has 1 aromatic rings. The number of aliphatic hydroxyl groups is 1. The van der Waals surface area contributed by atoms with E-state index in [-0.39, 0.29) is 17.7 Å². The minimum absolute atomic E-state index is 0.0159. The summed E-state index contributed by atoms with van der Waals surface area (Å²) in [6.45, 7) is 2.01. The second-order valence-electron chi connectivity index (χ2n) is 4.26. The van der Waals surface area contributed by atoms with Gasteiger partial charge in [-0.25, -0.2) is 4.68 Å². The quantitative estimate of drug-likeness (QED) is 0.771. The number of hydrogen-bond acceptors (Lipinski definition) is 2. The van der Waals surface area contributed by atoms with Crippen molar-refractivity contribution >= 4 is 0 Å². The molecule has 4 heteroatoms. The van der Waals surface area contributed by atoms with Crippen LogP contribution in [0, 0.1) is 0 Å². The summed E-state index contributed by atoms with van der Waals surface area (Å²) in [5.41, 5.74) is 0.926. The van der Waals surface area contributed by atoms with Crippen LogP contribution >= 0.6 is 0 Å². The Morgan fingerprint density at radius 1 is 1.53 bits per heavy atom. The highest BCUT2D eigenvalue weighted by molar-refractivity contribution is 5.00. The maximum Gasteiger partial charge on any atom is 0.267 e. The van der Waals surface area contributed by atoms with Crippen molar-refractivity contribution in [1.82, 2.24) is 9.78 Å². The Kier molecular flexibility index (Phi) is 2.95. The second-order valence-corrected chi connectivity index (χ2v) is 4.26. The first-order valence-corrected chi connectivity index (χ1v) is 5.71. The van der Waals surface area contributed by atoms with Crippen LogP contribution in [0.5, 0.6) is 0 Å². The Bertz CT molecular complexity index is 380. The molecule has 0 aliphatic heterocycles. The van der Waals surface area contributed by atoms with E-state index in [1.165, 1.54) is 0 Å². The molecular formula is C11H18N2O2. The molecule has 1 aromatic heterocycles. The zero-order valence-corrected chi connectivity index (χ0v) is 9.07. The predicted molar refractivity (Wildman–Crippen MR) is 57.9 cm³/mol. The fraction of sp³-hybridized carbons (Fsp3) is 0.727. The molecule has 2 N–H and O–H groups in total. The van der Waals surface area contributed by atoms with E-state index in [0.717, 1.165) is 37.8 Å². The van der Waals surface area contributed by atoms with Crippen molar-refractivity contribution in [3.8, 4) is 0 Å². The molecule has 1 aliphatic rings. The predicted octanol–water partition coefficient (Wildman–Crippen LogP) is 1.21. The minimum atomic E-state index is -0.375. The summed E-state index contributed by atoms with van der Waals surface area (Å²) in [7, 11) is 0. The number of H-pyrrole nitrogens is 1. The highest BCUT2D eigenvalue weighted by Gasteiger charge is 2.26. The number of nitrogens with one attached hydrogen (secondary N) is 1. The topological polar surface area (TPSA) is 58.0 Å². The molecule has 2 rings (SSSR count). The van der Waals surface area contributed by atoms with Crippen LogP contribution in [-0.2, 0) is 6.42 Å². The van der Waals surface area contributed by atoms with Gasteiger partial charge in [0.1, 0.15) is 0 Å². The summed E-state index contributed by atoms with van der Waals surface area (Å²) in [6.07, 6.45) is 4.30. The molecule has 15 heavy (non-hydrogen) atoms. The third-order valence-electron chi connectivity index (χ3n) is 3.21. The molecule has 2 atom stereocenters. The first-order chi connectivity index (χ1) is 7.22. The lowest BCUT2D eigenvalue weighted by Crippen LogP contribution is -2.33. The standard InChI is InChI=1S/C11H18N2O2/c1-2-8-7-11(15)13(12-8)9-5-3-4-6-10(9)14/h7,9-10,12,14H,2-6H2,1H3. The van der Waals surface area contributed by atoms with Gasteiger partial charge in [-0.2, -0.15) is 0 Å². The van der Waals surface area contributed by atoms with Gasteiger partial charge in [0, 0.05) is 11.8 Å². The minimum Gasteiger partial charge on any atom is -0.391 e. The summed E-state index contributed by atoms with van der Waals surface area (Å²) >= 11 is 0. The van der Waals surface area contributed by atoms with Crippen LogP contribution in [0.2, 0.25) is 0 Å². The molecule has 0 spiro atoms. The van der Waals surface area contributed by atoms with Crippen LogP contribution in [0.25, 0.3) is 0 Å². The molecule has 1 fully saturated rings. The molecule has 84 valence electrons. The second kappa shape index (κ2) is 4.23. The molecular weight excluding hydrogens is 192 g/mol. The molecule has 0 bridgehead atoms. The van der Waals surface area contributed by atoms with Crippen LogP contribution < -0.4 is 5.56 Å². The lowest BCUT2D eigenvalue weighted by Gasteiger charge is -2.27. The summed E-state index contributed by atoms with van der Waals surface area (Å²) < 4.78 is 1.60. The lowest BCUT2D eigenvalue weighted by atomic mass is 9.93. The van der Waals surface area contributed by atoms with Crippen molar-refractivity contribution < 1.29 is 5.11 Å². The summed E-state index contributed by atoms with van der Waals surface area (Å²) in [6, 6.07) is 1.58. The van der Waals surface area contributed by atoms with E-state index in [9.17, 15) is 9.90 Å². The van der Waals surface area contributed by atoms with Crippen LogP contribution in [-0.4, -0.2) is 21.0 Å². The van der Waals surface area contributed by atoms with Crippen LogP contribution in [0.4, 0.5) is 0 Å². The summed E-state index contributed by atoms with van der Waals surface area (Å²) in [5, 5.41) is 12.9. The zero-order valence-electron chi connectivity index (χ0n) is 9.07. The van der Waals surface area contributed by atoms with Gasteiger partial charge < -0.3 is 5.11 Å². The molecule has 0 radical (unpaired) electrons. The van der Waals surface area contributed by atoms with Gasteiger partial charge in [0.25, 0.3) is 5.56 Å². The van der Waals surface area contributed by atoms with Crippen LogP contribution in [0.1, 0.15) is 44.3 Å². The molecule has 0 amide bonds. The fourth-order valence-electron chi connectivity index (χ4n) is 2.28. The lowest BCUT2D eigenvalue weighted by molar-refractivity contribution is 0.0677. The molecule has 0 aromatic carbocycles. The van der Waals surface area contributed by atoms with E-state index in [2.05, 4.69) is 5.10 Å². The third-order valence-corrected chi connectivity index (χ3v) is 3.21. The number of rotatable bonds is 2. The molecule has 4 nitrogen and oxygen atoms in total. The SMILES string of the molecule is CCc1cc(=O)n(C2CCCCC2O)[nH]1. The maximum atomic E-state index is 11.7. The van der Waals surface area contributed by atoms with Gasteiger partial charge in [0.2, 0.25) is 0 Å². The maximum absolute atomic E-state index is 11.7. The molecule has 1 saturated carbocycles. The summed E-state index contributed by atoms with van der Waals surface area (Å²) in [4.78, 5) is 11.7. The van der Waals surface area contributed by atoms with Crippen LogP contribution in [0.3, 0.4) is 0 Å². The number of hydrogen-bond donors (Lipinski definition) is 2. The highest BCUT2D eigenvalue weighted by Crippen LogP contribution is 2.26. The number of aromatic amines is 1. The average Bonchev–Trinajstić information content (AvgIpc) is 2.60. The van der Waals surface area contributed by atoms with Crippen LogP contribution in [0.15, 0.2) is 10.9 Å². The van der Waals surface area contributed by atoms with Crippen molar-refractivity contribution in [2.75, 3.05) is 0 Å². The molecule has 1 aliphatic carbocycles. The molecule has 1 heterocycles. The van der Waals surface area contributed by atoms with Gasteiger partial charge in [-0.3, -0.25) is 9.89 Å². The van der Waals surface area contributed by atoms with Crippen molar-refractivity contribution in [2.24, 2.45) is 0 Å². The Hall–Kier alpha value is -1.03. The van der Waals surface area contributed by atoms with Gasteiger partial charge in [-0.15, -0.1) is 0 Å². The van der Waals surface area contributed by atoms with E-state index in [4.69, 9.17) is 0 Å². The van der Waals surface area contributed by atoms with Gasteiger partial charge in [0.05, 0.1) is 12.1 Å². The van der Waals surface area contributed by atoms with E-state index < -0.39 is 0 Å². The van der Waals surface area contributed by atoms with E-state index in [1.807, 2.05) is 6.92 Å². The first kappa shape index (κ1) is 10.5. The normalized spacial score (nSPS) is 26.8. The van der Waals surface area contributed by atoms with Crippen molar-refractivity contribution in [1.29, 1.82) is 0 Å². The smallest absolute Gasteiger partial charge is 0.267 e. The van der Waals surface area contributed by atoms with Gasteiger partial charge >= 0.3 is 0 Å². The third kappa shape index (κ3) is 2.00. The monoisotopic (exact) mass is 210 g/mol. The van der Waals surface area contributed by atoms with Crippen molar-refractivity contribution in [2.45, 2.75) is 51.2 Å². The zero-order chi connectivity index (χ0) is 10.8. The first-order valence-electron chi connectivity index (χ1n) is 5.71. The number of aromatic nitrogens is 2.